The van der Waals surface area contributed by atoms with Crippen molar-refractivity contribution < 1.29 is 0 Å². The fourth-order valence-corrected chi connectivity index (χ4v) is 21.7. The van der Waals surface area contributed by atoms with Crippen LogP contribution in [-0.4, -0.2) is 2.74 Å². The minimum atomic E-state index is 0.168. The summed E-state index contributed by atoms with van der Waals surface area (Å²) < 4.78 is 6.49. The van der Waals surface area contributed by atoms with Crippen molar-refractivity contribution in [3.05, 3.63) is 87.7 Å². The summed E-state index contributed by atoms with van der Waals surface area (Å²) in [6, 6.07) is 18.1. The van der Waals surface area contributed by atoms with Gasteiger partial charge in [-0.05, 0) is 22.3 Å². The van der Waals surface area contributed by atoms with Gasteiger partial charge in [0.05, 0.1) is 37.9 Å². The van der Waals surface area contributed by atoms with E-state index in [4.69, 9.17) is 0 Å². The van der Waals surface area contributed by atoms with Gasteiger partial charge in [0.15, 0.2) is 2.74 Å². The fourth-order valence-electron chi connectivity index (χ4n) is 4.51. The van der Waals surface area contributed by atoms with Crippen LogP contribution in [0, 0.1) is 0 Å². The van der Waals surface area contributed by atoms with Gasteiger partial charge in [-0.2, -0.15) is 0 Å². The van der Waals surface area contributed by atoms with Gasteiger partial charge in [-0.15, -0.1) is 47.0 Å². The van der Waals surface area contributed by atoms with E-state index >= 15 is 0 Å². The smallest absolute Gasteiger partial charge is 0.108 e. The molecule has 0 N–H and O–H groups in total. The molecule has 0 bridgehead atoms. The Balaban J connectivity index is 1.04. The van der Waals surface area contributed by atoms with Crippen LogP contribution in [0.1, 0.15) is 43.3 Å². The zero-order valence-electron chi connectivity index (χ0n) is 14.7. The van der Waals surface area contributed by atoms with Gasteiger partial charge in [-0.3, -0.25) is 0 Å². The van der Waals surface area contributed by atoms with Crippen molar-refractivity contribution in [1.29, 1.82) is 0 Å². The predicted octanol–water partition coefficient (Wildman–Crippen LogP) is 9.36. The van der Waals surface area contributed by atoms with Crippen molar-refractivity contribution in [3.63, 3.8) is 0 Å². The van der Waals surface area contributed by atoms with E-state index in [9.17, 15) is 0 Å². The highest BCUT2D eigenvalue weighted by molar-refractivity contribution is 8.60. The first-order chi connectivity index (χ1) is 14.3. The first-order valence-corrected chi connectivity index (χ1v) is 16.2. The first kappa shape index (κ1) is 18.2. The predicted molar refractivity (Wildman–Crippen MR) is 141 cm³/mol. The molecule has 8 rings (SSSR count). The number of fused-ring (bicyclic) bond motifs is 8. The first-order valence-electron chi connectivity index (χ1n) is 9.37. The Hall–Kier alpha value is 0.720. The van der Waals surface area contributed by atoms with Crippen LogP contribution in [0.5, 0.6) is 0 Å². The molecule has 2 aliphatic carbocycles. The second kappa shape index (κ2) is 6.40. The van der Waals surface area contributed by atoms with Crippen LogP contribution in [0.4, 0.5) is 0 Å². The maximum Gasteiger partial charge on any atom is 0.173 e. The molecule has 4 heterocycles. The van der Waals surface area contributed by atoms with Gasteiger partial charge in [0.1, 0.15) is 0 Å². The highest BCUT2D eigenvalue weighted by Gasteiger charge is 2.56. The summed E-state index contributed by atoms with van der Waals surface area (Å²) in [5.74, 6) is 0. The Bertz CT molecular complexity index is 986. The molecule has 4 atom stereocenters. The molecule has 4 aliphatic heterocycles. The second-order valence-electron chi connectivity index (χ2n) is 7.47. The van der Waals surface area contributed by atoms with E-state index in [0.29, 0.717) is 21.0 Å². The summed E-state index contributed by atoms with van der Waals surface area (Å²) in [4.78, 5) is 0. The average molecular weight is 521 g/mol. The van der Waals surface area contributed by atoms with E-state index < -0.39 is 0 Å². The van der Waals surface area contributed by atoms with E-state index in [1.54, 1.807) is 39.2 Å². The lowest BCUT2D eigenvalue weighted by Gasteiger charge is -2.41. The van der Waals surface area contributed by atoms with E-state index in [1.807, 2.05) is 0 Å². The van der Waals surface area contributed by atoms with Crippen molar-refractivity contribution in [1.82, 2.24) is 0 Å². The van der Waals surface area contributed by atoms with Crippen molar-refractivity contribution in [2.45, 2.75) is 23.7 Å². The van der Waals surface area contributed by atoms with E-state index in [1.165, 1.54) is 0 Å². The van der Waals surface area contributed by atoms with Gasteiger partial charge in [0.2, 0.25) is 0 Å². The van der Waals surface area contributed by atoms with Gasteiger partial charge in [-0.25, -0.2) is 0 Å². The van der Waals surface area contributed by atoms with Gasteiger partial charge in [-0.1, -0.05) is 95.6 Å². The van der Waals surface area contributed by atoms with E-state index in [2.05, 4.69) is 143 Å². The largest absolute Gasteiger partial charge is 0.173 e. The van der Waals surface area contributed by atoms with Crippen molar-refractivity contribution >= 4 is 94.1 Å². The molecule has 0 radical (unpaired) electrons. The Kier molecular flexibility index (Phi) is 4.01. The highest BCUT2D eigenvalue weighted by Crippen LogP contribution is 2.84. The van der Waals surface area contributed by atoms with Crippen LogP contribution < -0.4 is 0 Å². The monoisotopic (exact) mass is 520 g/mol. The van der Waals surface area contributed by atoms with Crippen molar-refractivity contribution in [3.8, 4) is 0 Å². The summed E-state index contributed by atoms with van der Waals surface area (Å²) in [6.45, 7) is 0. The zero-order valence-corrected chi connectivity index (χ0v) is 21.2. The van der Waals surface area contributed by atoms with Gasteiger partial charge >= 0.3 is 0 Å². The fraction of sp³-hybridized carbons (Fsp3) is 0.238. The molecule has 4 unspecified atom stereocenters. The Morgan fingerprint density at radius 2 is 0.724 bits per heavy atom. The third kappa shape index (κ3) is 2.49. The van der Waals surface area contributed by atoms with Crippen molar-refractivity contribution in [2.75, 3.05) is 0 Å². The Labute approximate surface area is 203 Å². The SMILES string of the molecule is c1ccc2c(c1)C1SC3=C(SC21)SC1(S3)SC2=C(SC3c4ccccc4C3S2)S1. The topological polar surface area (TPSA) is 0 Å². The van der Waals surface area contributed by atoms with E-state index in [0.717, 1.165) is 0 Å². The Morgan fingerprint density at radius 3 is 1.00 bits per heavy atom. The zero-order chi connectivity index (χ0) is 18.7. The lowest BCUT2D eigenvalue weighted by molar-refractivity contribution is 0.795. The van der Waals surface area contributed by atoms with Crippen LogP contribution in [0.15, 0.2) is 65.5 Å². The molecule has 29 heavy (non-hydrogen) atoms. The summed E-state index contributed by atoms with van der Waals surface area (Å²) in [6.07, 6.45) is 0. The number of rotatable bonds is 0. The average Bonchev–Trinajstić information content (AvgIpc) is 3.27. The van der Waals surface area contributed by atoms with Crippen LogP contribution >= 0.6 is 94.1 Å². The second-order valence-corrected chi connectivity index (χ2v) is 19.6. The molecule has 0 nitrogen and oxygen atoms in total. The molecule has 0 aromatic heterocycles. The van der Waals surface area contributed by atoms with Crippen LogP contribution in [0.3, 0.4) is 0 Å². The molecular formula is C21H12S8. The molecule has 1 spiro atoms. The number of benzene rings is 2. The number of hydrogen-bond acceptors (Lipinski definition) is 8. The van der Waals surface area contributed by atoms with Crippen LogP contribution in [0.25, 0.3) is 0 Å². The van der Waals surface area contributed by atoms with Gasteiger partial charge in [0, 0.05) is 0 Å². The van der Waals surface area contributed by atoms with E-state index in [-0.39, 0.29) is 2.74 Å². The molecule has 2 aromatic rings. The third-order valence-electron chi connectivity index (χ3n) is 5.91. The summed E-state index contributed by atoms with van der Waals surface area (Å²) in [5.41, 5.74) is 6.27. The van der Waals surface area contributed by atoms with Crippen molar-refractivity contribution in [2.24, 2.45) is 0 Å². The normalized spacial score (nSPS) is 37.8. The summed E-state index contributed by atoms with van der Waals surface area (Å²) in [7, 11) is 0. The summed E-state index contributed by atoms with van der Waals surface area (Å²) in [5, 5.41) is 2.63. The lowest BCUT2D eigenvalue weighted by atomic mass is 9.87. The van der Waals surface area contributed by atoms with Crippen LogP contribution in [0.2, 0.25) is 0 Å². The molecule has 0 saturated heterocycles. The Morgan fingerprint density at radius 1 is 0.448 bits per heavy atom. The third-order valence-corrected chi connectivity index (χ3v) is 19.8. The molecule has 0 fully saturated rings. The number of hydrogen-bond donors (Lipinski definition) is 0. The van der Waals surface area contributed by atoms with Gasteiger partial charge < -0.3 is 0 Å². The molecule has 0 amide bonds. The van der Waals surface area contributed by atoms with Gasteiger partial charge in [0.25, 0.3) is 0 Å². The quantitative estimate of drug-likeness (QED) is 0.332. The standard InChI is InChI=1S/C21H12S8/c1-2-6-10-9(5-1)13-14(10)23-18-17(22-13)26-21(27-18)28-19-20(29-21)25-16-12-8-4-3-7-11(12)15(16)24-19/h1-8,13-16H. The molecule has 0 saturated carbocycles. The highest BCUT2D eigenvalue weighted by atomic mass is 32.3. The molecule has 6 aliphatic rings. The molecular weight excluding hydrogens is 509 g/mol. The minimum Gasteiger partial charge on any atom is -0.108 e. The minimum absolute atomic E-state index is 0.168. The van der Waals surface area contributed by atoms with Crippen LogP contribution in [-0.2, 0) is 0 Å². The molecule has 144 valence electrons. The maximum absolute atomic E-state index is 2.33. The molecule has 2 aromatic carbocycles. The molecule has 8 heteroatoms. The maximum atomic E-state index is 2.33. The number of thioether (sulfide) groups is 8. The lowest BCUT2D eigenvalue weighted by Crippen LogP contribution is -2.20. The summed E-state index contributed by atoms with van der Waals surface area (Å²) >= 11 is 17.1.